The van der Waals surface area contributed by atoms with Gasteiger partial charge in [0, 0.05) is 18.9 Å². The first-order valence-corrected chi connectivity index (χ1v) is 10.2. The SMILES string of the molecule is CC1=CN2C(=NC3C2C(=O)N(Cc2cccc(C)c2)C(=O)N3C)N1c1ccccc1N. The molecule has 0 aromatic heterocycles. The summed E-state index contributed by atoms with van der Waals surface area (Å²) in [4.78, 5) is 38.0. The lowest BCUT2D eigenvalue weighted by atomic mass is 10.1. The topological polar surface area (TPSA) is 85.5 Å². The Kier molecular flexibility index (Phi) is 4.25. The van der Waals surface area contributed by atoms with Gasteiger partial charge in [-0.15, -0.1) is 0 Å². The Bertz CT molecular complexity index is 1160. The number of fused-ring (bicyclic) bond motifs is 3. The Morgan fingerprint density at radius 3 is 2.58 bits per heavy atom. The molecule has 1 saturated heterocycles. The van der Waals surface area contributed by atoms with Crippen molar-refractivity contribution < 1.29 is 9.59 Å². The van der Waals surface area contributed by atoms with E-state index >= 15 is 0 Å². The number of nitrogens with two attached hydrogens (primary N) is 1. The zero-order valence-corrected chi connectivity index (χ0v) is 17.7. The molecule has 8 heteroatoms. The van der Waals surface area contributed by atoms with Gasteiger partial charge in [-0.1, -0.05) is 42.0 Å². The van der Waals surface area contributed by atoms with Crippen LogP contribution in [0.3, 0.4) is 0 Å². The van der Waals surface area contributed by atoms with Crippen LogP contribution in [0.4, 0.5) is 16.2 Å². The number of nitrogens with zero attached hydrogens (tertiary/aromatic N) is 5. The molecule has 2 N–H and O–H groups in total. The molecule has 3 aliphatic rings. The molecule has 3 heterocycles. The Hall–Kier alpha value is -3.81. The van der Waals surface area contributed by atoms with Crippen LogP contribution in [0.2, 0.25) is 0 Å². The lowest BCUT2D eigenvalue weighted by Gasteiger charge is -2.40. The van der Waals surface area contributed by atoms with E-state index in [0.717, 1.165) is 22.5 Å². The van der Waals surface area contributed by atoms with Gasteiger partial charge in [0.25, 0.3) is 5.91 Å². The summed E-state index contributed by atoms with van der Waals surface area (Å²) in [5, 5.41) is 0. The van der Waals surface area contributed by atoms with E-state index in [1.807, 2.05) is 78.4 Å². The average Bonchev–Trinajstić information content (AvgIpc) is 3.25. The highest BCUT2D eigenvalue weighted by Crippen LogP contribution is 2.38. The summed E-state index contributed by atoms with van der Waals surface area (Å²) in [6.07, 6.45) is 1.32. The number of hydrogen-bond acceptors (Lipinski definition) is 6. The normalized spacial score (nSPS) is 22.5. The van der Waals surface area contributed by atoms with E-state index in [2.05, 4.69) is 0 Å². The highest BCUT2D eigenvalue weighted by atomic mass is 16.2. The largest absolute Gasteiger partial charge is 0.397 e. The van der Waals surface area contributed by atoms with E-state index in [4.69, 9.17) is 10.7 Å². The lowest BCUT2D eigenvalue weighted by molar-refractivity contribution is -0.137. The van der Waals surface area contributed by atoms with Gasteiger partial charge in [0.2, 0.25) is 5.96 Å². The standard InChI is InChI=1S/C23H24N6O2/c1-14-7-6-8-16(11-14)13-28-21(30)19-20(26(3)23(28)31)25-22-27(19)12-15(2)29(22)18-10-5-4-9-17(18)24/h4-12,19-20H,13,24H2,1-3H3. The van der Waals surface area contributed by atoms with Crippen LogP contribution in [0, 0.1) is 6.92 Å². The second-order valence-corrected chi connectivity index (χ2v) is 8.17. The van der Waals surface area contributed by atoms with Crippen molar-refractivity contribution >= 4 is 29.3 Å². The number of para-hydroxylation sites is 2. The van der Waals surface area contributed by atoms with Crippen LogP contribution >= 0.6 is 0 Å². The van der Waals surface area contributed by atoms with Gasteiger partial charge in [0.15, 0.2) is 12.2 Å². The molecule has 8 nitrogen and oxygen atoms in total. The predicted octanol–water partition coefficient (Wildman–Crippen LogP) is 2.72. The maximum Gasteiger partial charge on any atom is 0.328 e. The van der Waals surface area contributed by atoms with Crippen molar-refractivity contribution in [1.82, 2.24) is 14.7 Å². The smallest absolute Gasteiger partial charge is 0.328 e. The summed E-state index contributed by atoms with van der Waals surface area (Å²) < 4.78 is 0. The van der Waals surface area contributed by atoms with E-state index in [0.29, 0.717) is 11.6 Å². The number of amides is 3. The fraction of sp³-hybridized carbons (Fsp3) is 0.261. The second kappa shape index (κ2) is 6.87. The molecule has 2 aromatic carbocycles. The number of guanidine groups is 1. The van der Waals surface area contributed by atoms with Crippen LogP contribution in [0.15, 0.2) is 65.4 Å². The van der Waals surface area contributed by atoms with Gasteiger partial charge in [-0.3, -0.25) is 14.6 Å². The quantitative estimate of drug-likeness (QED) is 0.778. The van der Waals surface area contributed by atoms with Crippen molar-refractivity contribution in [2.24, 2.45) is 4.99 Å². The van der Waals surface area contributed by atoms with Gasteiger partial charge in [0.05, 0.1) is 17.9 Å². The summed E-state index contributed by atoms with van der Waals surface area (Å²) in [6, 6.07) is 14.4. The van der Waals surface area contributed by atoms with Gasteiger partial charge in [-0.2, -0.15) is 0 Å². The van der Waals surface area contributed by atoms with E-state index < -0.39 is 12.2 Å². The highest BCUT2D eigenvalue weighted by Gasteiger charge is 2.54. The number of allylic oxidation sites excluding steroid dienone is 1. The van der Waals surface area contributed by atoms with Gasteiger partial charge >= 0.3 is 6.03 Å². The molecule has 158 valence electrons. The number of carbonyl (C=O) groups excluding carboxylic acids is 2. The molecule has 0 aliphatic carbocycles. The Labute approximate surface area is 180 Å². The number of hydrogen-bond donors (Lipinski definition) is 1. The van der Waals surface area contributed by atoms with Crippen molar-refractivity contribution in [2.75, 3.05) is 17.7 Å². The molecule has 0 spiro atoms. The zero-order chi connectivity index (χ0) is 21.9. The third kappa shape index (κ3) is 2.86. The van der Waals surface area contributed by atoms with Crippen molar-refractivity contribution in [3.8, 4) is 0 Å². The van der Waals surface area contributed by atoms with Gasteiger partial charge in [0.1, 0.15) is 0 Å². The van der Waals surface area contributed by atoms with Crippen LogP contribution < -0.4 is 10.6 Å². The number of aliphatic imine (C=N–C) groups is 1. The lowest BCUT2D eigenvalue weighted by Crippen LogP contribution is -2.63. The zero-order valence-electron chi connectivity index (χ0n) is 17.7. The molecule has 3 aliphatic heterocycles. The Morgan fingerprint density at radius 1 is 1.06 bits per heavy atom. The first-order valence-electron chi connectivity index (χ1n) is 10.2. The van der Waals surface area contributed by atoms with Crippen LogP contribution in [0.25, 0.3) is 0 Å². The maximum atomic E-state index is 13.5. The molecule has 2 unspecified atom stereocenters. The second-order valence-electron chi connectivity index (χ2n) is 8.17. The molecule has 0 bridgehead atoms. The fourth-order valence-corrected chi connectivity index (χ4v) is 4.48. The third-order valence-electron chi connectivity index (χ3n) is 5.99. The Morgan fingerprint density at radius 2 is 1.84 bits per heavy atom. The third-order valence-corrected chi connectivity index (χ3v) is 5.99. The van der Waals surface area contributed by atoms with E-state index in [9.17, 15) is 9.59 Å². The minimum absolute atomic E-state index is 0.230. The van der Waals surface area contributed by atoms with E-state index in [1.54, 1.807) is 11.9 Å². The van der Waals surface area contributed by atoms with Gasteiger partial charge in [-0.25, -0.2) is 9.79 Å². The van der Waals surface area contributed by atoms with Crippen molar-refractivity contribution in [2.45, 2.75) is 32.6 Å². The number of benzene rings is 2. The molecular formula is C23H24N6O2. The molecular weight excluding hydrogens is 392 g/mol. The summed E-state index contributed by atoms with van der Waals surface area (Å²) in [7, 11) is 1.69. The fourth-order valence-electron chi connectivity index (χ4n) is 4.48. The minimum Gasteiger partial charge on any atom is -0.397 e. The molecule has 2 aromatic rings. The number of likely N-dealkylation sites (N-methyl/N-ethyl adjacent to an activating group) is 1. The van der Waals surface area contributed by atoms with Crippen molar-refractivity contribution in [3.05, 3.63) is 71.6 Å². The average molecular weight is 416 g/mol. The summed E-state index contributed by atoms with van der Waals surface area (Å²) in [6.45, 7) is 4.17. The number of rotatable bonds is 3. The molecule has 2 atom stereocenters. The summed E-state index contributed by atoms with van der Waals surface area (Å²) in [5.74, 6) is 0.357. The molecule has 0 radical (unpaired) electrons. The van der Waals surface area contributed by atoms with Crippen LogP contribution in [-0.2, 0) is 11.3 Å². The monoisotopic (exact) mass is 416 g/mol. The summed E-state index contributed by atoms with van der Waals surface area (Å²) in [5.41, 5.74) is 10.5. The highest BCUT2D eigenvalue weighted by molar-refractivity contribution is 6.10. The van der Waals surface area contributed by atoms with Crippen LogP contribution in [-0.4, -0.2) is 51.9 Å². The van der Waals surface area contributed by atoms with Crippen LogP contribution in [0.1, 0.15) is 18.1 Å². The first kappa shape index (κ1) is 19.2. The van der Waals surface area contributed by atoms with Crippen LogP contribution in [0.5, 0.6) is 0 Å². The summed E-state index contributed by atoms with van der Waals surface area (Å²) >= 11 is 0. The van der Waals surface area contributed by atoms with Gasteiger partial charge < -0.3 is 15.5 Å². The molecule has 5 rings (SSSR count). The number of carbonyl (C=O) groups is 2. The number of urea groups is 1. The number of nitrogen functional groups attached to an aromatic ring is 1. The molecule has 3 amide bonds. The van der Waals surface area contributed by atoms with Gasteiger partial charge in [-0.05, 0) is 31.5 Å². The predicted molar refractivity (Wildman–Crippen MR) is 119 cm³/mol. The molecule has 0 saturated carbocycles. The van der Waals surface area contributed by atoms with Crippen molar-refractivity contribution in [3.63, 3.8) is 0 Å². The van der Waals surface area contributed by atoms with E-state index in [-0.39, 0.29) is 18.5 Å². The first-order chi connectivity index (χ1) is 14.9. The minimum atomic E-state index is -0.604. The molecule has 1 fully saturated rings. The number of imide groups is 1. The Balaban J connectivity index is 1.49. The van der Waals surface area contributed by atoms with E-state index in [1.165, 1.54) is 4.90 Å². The number of aryl methyl sites for hydroxylation is 1. The maximum absolute atomic E-state index is 13.5. The van der Waals surface area contributed by atoms with Crippen molar-refractivity contribution in [1.29, 1.82) is 0 Å². The molecule has 31 heavy (non-hydrogen) atoms. The number of anilines is 2.